The Kier molecular flexibility index (Phi) is 8.91. The SMILES string of the molecule is C[C@H](NC1=C/C=C/C=C/C(c2ccc(NS(C)(=O)=O)cc2)=N\1)c1cccc(NC(=O)C2=C/C=C/C=C/C=C\2)c1. The van der Waals surface area contributed by atoms with Gasteiger partial charge in [-0.3, -0.25) is 9.52 Å². The summed E-state index contributed by atoms with van der Waals surface area (Å²) in [7, 11) is -3.35. The molecule has 0 aromatic heterocycles. The first-order chi connectivity index (χ1) is 18.8. The molecule has 0 bridgehead atoms. The average molecular weight is 539 g/mol. The second-order valence-corrected chi connectivity index (χ2v) is 10.7. The Morgan fingerprint density at radius 2 is 1.51 bits per heavy atom. The molecule has 1 aliphatic carbocycles. The third-order valence-electron chi connectivity index (χ3n) is 5.72. The van der Waals surface area contributed by atoms with E-state index in [4.69, 9.17) is 4.99 Å². The van der Waals surface area contributed by atoms with Crippen molar-refractivity contribution in [2.24, 2.45) is 4.99 Å². The van der Waals surface area contributed by atoms with E-state index in [1.165, 1.54) is 0 Å². The summed E-state index contributed by atoms with van der Waals surface area (Å²) in [5, 5.41) is 6.42. The summed E-state index contributed by atoms with van der Waals surface area (Å²) in [6, 6.07) is 14.6. The fourth-order valence-electron chi connectivity index (χ4n) is 3.84. The lowest BCUT2D eigenvalue weighted by atomic mass is 10.1. The van der Waals surface area contributed by atoms with E-state index in [0.717, 1.165) is 23.1 Å². The molecule has 0 saturated heterocycles. The lowest BCUT2D eigenvalue weighted by Gasteiger charge is -2.18. The molecular formula is C31H30N4O3S. The third kappa shape index (κ3) is 8.41. The van der Waals surface area contributed by atoms with Crippen LogP contribution in [-0.2, 0) is 14.8 Å². The summed E-state index contributed by atoms with van der Waals surface area (Å²) in [5.74, 6) is 0.478. The largest absolute Gasteiger partial charge is 0.364 e. The molecule has 0 radical (unpaired) electrons. The summed E-state index contributed by atoms with van der Waals surface area (Å²) in [5.41, 5.74) is 4.29. The minimum atomic E-state index is -3.35. The first kappa shape index (κ1) is 27.3. The zero-order valence-electron chi connectivity index (χ0n) is 21.7. The molecule has 2 aromatic carbocycles. The van der Waals surface area contributed by atoms with Gasteiger partial charge in [-0.25, -0.2) is 13.4 Å². The number of hydrogen-bond donors (Lipinski definition) is 3. The molecule has 4 rings (SSSR count). The van der Waals surface area contributed by atoms with Crippen molar-refractivity contribution in [3.63, 3.8) is 0 Å². The molecule has 1 amide bonds. The van der Waals surface area contributed by atoms with Crippen molar-refractivity contribution in [1.29, 1.82) is 0 Å². The van der Waals surface area contributed by atoms with Gasteiger partial charge in [0.25, 0.3) is 5.91 Å². The van der Waals surface area contributed by atoms with Crippen LogP contribution in [0.3, 0.4) is 0 Å². The Balaban J connectivity index is 1.48. The van der Waals surface area contributed by atoms with Crippen LogP contribution in [0, 0.1) is 0 Å². The molecule has 7 nitrogen and oxygen atoms in total. The molecule has 198 valence electrons. The van der Waals surface area contributed by atoms with Gasteiger partial charge in [0.05, 0.1) is 18.0 Å². The summed E-state index contributed by atoms with van der Waals surface area (Å²) >= 11 is 0. The van der Waals surface area contributed by atoms with E-state index < -0.39 is 10.0 Å². The van der Waals surface area contributed by atoms with E-state index in [2.05, 4.69) is 15.4 Å². The molecular weight excluding hydrogens is 508 g/mol. The van der Waals surface area contributed by atoms with Crippen LogP contribution in [-0.4, -0.2) is 26.3 Å². The van der Waals surface area contributed by atoms with Crippen molar-refractivity contribution >= 4 is 33.0 Å². The number of anilines is 2. The van der Waals surface area contributed by atoms with Crippen LogP contribution in [0.5, 0.6) is 0 Å². The second-order valence-electron chi connectivity index (χ2n) is 8.94. The number of carbonyl (C=O) groups is 1. The number of rotatable bonds is 8. The Bertz CT molecular complexity index is 1570. The number of carbonyl (C=O) groups excluding carboxylic acids is 1. The third-order valence-corrected chi connectivity index (χ3v) is 6.33. The van der Waals surface area contributed by atoms with E-state index in [0.29, 0.717) is 22.8 Å². The summed E-state index contributed by atoms with van der Waals surface area (Å²) in [6.07, 6.45) is 23.5. The van der Waals surface area contributed by atoms with Crippen LogP contribution in [0.15, 0.2) is 138 Å². The predicted octanol–water partition coefficient (Wildman–Crippen LogP) is 5.71. The zero-order valence-corrected chi connectivity index (χ0v) is 22.5. The van der Waals surface area contributed by atoms with Gasteiger partial charge in [-0.05, 0) is 61.1 Å². The molecule has 0 unspecified atom stereocenters. The van der Waals surface area contributed by atoms with Crippen LogP contribution in [0.2, 0.25) is 0 Å². The summed E-state index contributed by atoms with van der Waals surface area (Å²) in [4.78, 5) is 17.6. The average Bonchev–Trinajstić information content (AvgIpc) is 2.85. The van der Waals surface area contributed by atoms with Crippen molar-refractivity contribution in [2.45, 2.75) is 13.0 Å². The molecule has 39 heavy (non-hydrogen) atoms. The van der Waals surface area contributed by atoms with E-state index in [1.807, 2.05) is 104 Å². The zero-order chi connectivity index (χ0) is 27.7. The molecule has 8 heteroatoms. The van der Waals surface area contributed by atoms with Gasteiger partial charge in [0.1, 0.15) is 5.82 Å². The van der Waals surface area contributed by atoms with Gasteiger partial charge in [0.2, 0.25) is 10.0 Å². The first-order valence-corrected chi connectivity index (χ1v) is 14.3. The molecule has 1 heterocycles. The highest BCUT2D eigenvalue weighted by Crippen LogP contribution is 2.21. The lowest BCUT2D eigenvalue weighted by molar-refractivity contribution is -0.112. The highest BCUT2D eigenvalue weighted by atomic mass is 32.2. The van der Waals surface area contributed by atoms with Crippen molar-refractivity contribution in [3.05, 3.63) is 144 Å². The molecule has 3 N–H and O–H groups in total. The molecule has 1 atom stereocenters. The number of hydrogen-bond acceptors (Lipinski definition) is 5. The maximum atomic E-state index is 12.8. The highest BCUT2D eigenvalue weighted by molar-refractivity contribution is 7.92. The number of allylic oxidation sites excluding steroid dienone is 11. The van der Waals surface area contributed by atoms with Crippen molar-refractivity contribution in [2.75, 3.05) is 16.3 Å². The van der Waals surface area contributed by atoms with Gasteiger partial charge < -0.3 is 10.6 Å². The van der Waals surface area contributed by atoms with E-state index >= 15 is 0 Å². The van der Waals surface area contributed by atoms with Crippen molar-refractivity contribution < 1.29 is 13.2 Å². The smallest absolute Gasteiger partial charge is 0.255 e. The van der Waals surface area contributed by atoms with Gasteiger partial charge in [-0.2, -0.15) is 0 Å². The van der Waals surface area contributed by atoms with Crippen molar-refractivity contribution in [3.8, 4) is 0 Å². The van der Waals surface area contributed by atoms with Gasteiger partial charge in [0.15, 0.2) is 0 Å². The Labute approximate surface area is 229 Å². The van der Waals surface area contributed by atoms with Crippen molar-refractivity contribution in [1.82, 2.24) is 5.32 Å². The molecule has 2 aromatic rings. The molecule has 0 saturated carbocycles. The Hall–Kier alpha value is -4.69. The van der Waals surface area contributed by atoms with Crippen LogP contribution in [0.4, 0.5) is 11.4 Å². The summed E-state index contributed by atoms with van der Waals surface area (Å²) < 4.78 is 25.5. The number of nitrogens with one attached hydrogen (secondary N) is 3. The molecule has 0 spiro atoms. The summed E-state index contributed by atoms with van der Waals surface area (Å²) in [6.45, 7) is 2.03. The second kappa shape index (κ2) is 12.7. The fourth-order valence-corrected chi connectivity index (χ4v) is 4.40. The topological polar surface area (TPSA) is 99.7 Å². The lowest BCUT2D eigenvalue weighted by Crippen LogP contribution is -2.19. The predicted molar refractivity (Wildman–Crippen MR) is 160 cm³/mol. The molecule has 1 aliphatic heterocycles. The maximum Gasteiger partial charge on any atom is 0.255 e. The minimum absolute atomic E-state index is 0.107. The monoisotopic (exact) mass is 538 g/mol. The van der Waals surface area contributed by atoms with E-state index in [1.54, 1.807) is 24.3 Å². The number of sulfonamides is 1. The number of benzene rings is 2. The minimum Gasteiger partial charge on any atom is -0.364 e. The van der Waals surface area contributed by atoms with Gasteiger partial charge in [-0.15, -0.1) is 0 Å². The Morgan fingerprint density at radius 1 is 0.821 bits per heavy atom. The quantitative estimate of drug-likeness (QED) is 0.401. The van der Waals surface area contributed by atoms with Crippen LogP contribution >= 0.6 is 0 Å². The van der Waals surface area contributed by atoms with Crippen LogP contribution in [0.1, 0.15) is 24.1 Å². The van der Waals surface area contributed by atoms with E-state index in [-0.39, 0.29) is 11.9 Å². The van der Waals surface area contributed by atoms with Gasteiger partial charge >= 0.3 is 0 Å². The van der Waals surface area contributed by atoms with Crippen LogP contribution in [0.25, 0.3) is 0 Å². The maximum absolute atomic E-state index is 12.8. The first-order valence-electron chi connectivity index (χ1n) is 12.4. The number of aliphatic imine (C=N–C) groups is 1. The Morgan fingerprint density at radius 3 is 2.31 bits per heavy atom. The van der Waals surface area contributed by atoms with E-state index in [9.17, 15) is 13.2 Å². The molecule has 2 aliphatic rings. The highest BCUT2D eigenvalue weighted by Gasteiger charge is 2.12. The van der Waals surface area contributed by atoms with Crippen LogP contribution < -0.4 is 15.4 Å². The molecule has 0 fully saturated rings. The number of nitrogens with zero attached hydrogens (tertiary/aromatic N) is 1. The van der Waals surface area contributed by atoms with Gasteiger partial charge in [-0.1, -0.05) is 72.9 Å². The van der Waals surface area contributed by atoms with Gasteiger partial charge in [0, 0.05) is 22.5 Å². The fraction of sp³-hybridized carbons (Fsp3) is 0.0968. The normalized spacial score (nSPS) is 23.7. The standard InChI is InChI=1S/C31H30N4O3S/c1-23(26-14-11-15-28(22-26)33-31(36)25-12-7-4-3-5-8-13-25)32-30-17-10-6-9-16-29(34-30)24-18-20-27(21-19-24)35-39(2,37)38/h3-23,35H,1-2H3,(H,32,34)(H,33,36)/b4-3+,5-3?,7-4?,8-5+,12-7-,13-8?,25-12?,25-13+/t23-/m0/s1. The number of amides is 1.